The van der Waals surface area contributed by atoms with Crippen LogP contribution in [0.3, 0.4) is 0 Å². The van der Waals surface area contributed by atoms with Crippen LogP contribution in [0.4, 0.5) is 0 Å². The number of aliphatic imine (C=N–C) groups is 1. The van der Waals surface area contributed by atoms with Gasteiger partial charge in [-0.15, -0.1) is 0 Å². The highest BCUT2D eigenvalue weighted by molar-refractivity contribution is 7.99. The Balaban J connectivity index is 1.95. The smallest absolute Gasteiger partial charge is 0.215 e. The Morgan fingerprint density at radius 2 is 2.12 bits per heavy atom. The van der Waals surface area contributed by atoms with Gasteiger partial charge in [-0.05, 0) is 31.5 Å². The number of benzene rings is 1. The number of halogens is 1. The summed E-state index contributed by atoms with van der Waals surface area (Å²) in [7, 11) is -3.24. The molecule has 0 radical (unpaired) electrons. The average Bonchev–Trinajstić information content (AvgIpc) is 2.62. The molecule has 1 fully saturated rings. The van der Waals surface area contributed by atoms with E-state index in [1.165, 1.54) is 0 Å². The standard InChI is InChI=1S/C17H27ClN4O2S2/c1-3-19-17(21-14(2)15-5-4-6-16(18)13-15)20-7-12-26(23,24)22-8-10-25-11-9-22/h4-6,13-14H,3,7-12H2,1-2H3,(H2,19,20,21). The maximum absolute atomic E-state index is 12.4. The lowest BCUT2D eigenvalue weighted by Crippen LogP contribution is -2.41. The summed E-state index contributed by atoms with van der Waals surface area (Å²) >= 11 is 7.84. The van der Waals surface area contributed by atoms with Gasteiger partial charge in [-0.1, -0.05) is 23.7 Å². The zero-order valence-corrected chi connectivity index (χ0v) is 17.6. The topological polar surface area (TPSA) is 73.8 Å². The largest absolute Gasteiger partial charge is 0.357 e. The first kappa shape index (κ1) is 21.3. The number of nitrogens with one attached hydrogen (secondary N) is 2. The fraction of sp³-hybridized carbons (Fsp3) is 0.588. The summed E-state index contributed by atoms with van der Waals surface area (Å²) in [5.74, 6) is 2.36. The average molecular weight is 419 g/mol. The van der Waals surface area contributed by atoms with Crippen molar-refractivity contribution >= 4 is 39.3 Å². The number of hydrogen-bond donors (Lipinski definition) is 2. The van der Waals surface area contributed by atoms with E-state index in [1.54, 1.807) is 16.1 Å². The maximum Gasteiger partial charge on any atom is 0.215 e. The highest BCUT2D eigenvalue weighted by Crippen LogP contribution is 2.17. The van der Waals surface area contributed by atoms with Crippen LogP contribution in [0.5, 0.6) is 0 Å². The van der Waals surface area contributed by atoms with Crippen molar-refractivity contribution in [3.05, 3.63) is 34.9 Å². The zero-order chi connectivity index (χ0) is 19.0. The lowest BCUT2D eigenvalue weighted by molar-refractivity contribution is 0.444. The molecule has 6 nitrogen and oxygen atoms in total. The lowest BCUT2D eigenvalue weighted by atomic mass is 10.1. The van der Waals surface area contributed by atoms with E-state index in [-0.39, 0.29) is 18.3 Å². The van der Waals surface area contributed by atoms with Gasteiger partial charge >= 0.3 is 0 Å². The molecule has 0 aromatic heterocycles. The number of rotatable bonds is 7. The third kappa shape index (κ3) is 6.64. The summed E-state index contributed by atoms with van der Waals surface area (Å²) in [6, 6.07) is 7.64. The quantitative estimate of drug-likeness (QED) is 0.525. The van der Waals surface area contributed by atoms with Crippen molar-refractivity contribution in [3.63, 3.8) is 0 Å². The minimum Gasteiger partial charge on any atom is -0.357 e. The van der Waals surface area contributed by atoms with Crippen LogP contribution in [0.25, 0.3) is 0 Å². The van der Waals surface area contributed by atoms with Crippen LogP contribution in [0.2, 0.25) is 5.02 Å². The van der Waals surface area contributed by atoms with E-state index in [1.807, 2.05) is 38.1 Å². The predicted molar refractivity (Wildman–Crippen MR) is 112 cm³/mol. The minimum absolute atomic E-state index is 0.00206. The van der Waals surface area contributed by atoms with E-state index in [4.69, 9.17) is 11.6 Å². The van der Waals surface area contributed by atoms with Crippen molar-refractivity contribution in [1.29, 1.82) is 0 Å². The summed E-state index contributed by atoms with van der Waals surface area (Å²) in [5.41, 5.74) is 1.04. The van der Waals surface area contributed by atoms with E-state index in [0.29, 0.717) is 30.6 Å². The van der Waals surface area contributed by atoms with Crippen LogP contribution in [0.1, 0.15) is 25.5 Å². The van der Waals surface area contributed by atoms with Crippen LogP contribution >= 0.6 is 23.4 Å². The van der Waals surface area contributed by atoms with E-state index >= 15 is 0 Å². The predicted octanol–water partition coefficient (Wildman–Crippen LogP) is 2.33. The Kier molecular flexibility index (Phi) is 8.53. The molecule has 1 unspecified atom stereocenters. The molecule has 1 aromatic carbocycles. The maximum atomic E-state index is 12.4. The molecule has 2 N–H and O–H groups in total. The summed E-state index contributed by atoms with van der Waals surface area (Å²) < 4.78 is 26.4. The van der Waals surface area contributed by atoms with Gasteiger partial charge in [0.25, 0.3) is 0 Å². The van der Waals surface area contributed by atoms with Gasteiger partial charge in [0, 0.05) is 36.2 Å². The Morgan fingerprint density at radius 1 is 1.38 bits per heavy atom. The molecule has 1 heterocycles. The first-order valence-corrected chi connectivity index (χ1v) is 11.9. The van der Waals surface area contributed by atoms with Crippen LogP contribution in [-0.4, -0.2) is 62.1 Å². The summed E-state index contributed by atoms with van der Waals surface area (Å²) in [4.78, 5) is 4.43. The molecule has 146 valence electrons. The molecule has 0 amide bonds. The third-order valence-corrected chi connectivity index (χ3v) is 7.06. The molecule has 0 aliphatic carbocycles. The molecule has 26 heavy (non-hydrogen) atoms. The molecule has 1 aliphatic heterocycles. The molecule has 1 saturated heterocycles. The van der Waals surface area contributed by atoms with Crippen molar-refractivity contribution in [3.8, 4) is 0 Å². The first-order valence-electron chi connectivity index (χ1n) is 8.78. The van der Waals surface area contributed by atoms with Crippen LogP contribution in [0.15, 0.2) is 29.3 Å². The normalized spacial score (nSPS) is 17.7. The van der Waals surface area contributed by atoms with E-state index in [2.05, 4.69) is 15.6 Å². The Morgan fingerprint density at radius 3 is 2.77 bits per heavy atom. The Labute approximate surface area is 165 Å². The third-order valence-electron chi connectivity index (χ3n) is 4.03. The number of thioether (sulfide) groups is 1. The fourth-order valence-corrected chi connectivity index (χ4v) is 5.26. The molecule has 1 aromatic rings. The van der Waals surface area contributed by atoms with Crippen molar-refractivity contribution in [2.24, 2.45) is 4.99 Å². The van der Waals surface area contributed by atoms with Gasteiger partial charge in [-0.3, -0.25) is 4.99 Å². The first-order chi connectivity index (χ1) is 12.4. The van der Waals surface area contributed by atoms with E-state index in [9.17, 15) is 8.42 Å². The van der Waals surface area contributed by atoms with E-state index in [0.717, 1.165) is 17.1 Å². The van der Waals surface area contributed by atoms with Gasteiger partial charge in [0.15, 0.2) is 5.96 Å². The number of sulfonamides is 1. The molecule has 0 spiro atoms. The van der Waals surface area contributed by atoms with Gasteiger partial charge < -0.3 is 10.6 Å². The molecule has 9 heteroatoms. The van der Waals surface area contributed by atoms with Crippen molar-refractivity contribution in [2.75, 3.05) is 43.4 Å². The number of hydrogen-bond acceptors (Lipinski definition) is 4. The second kappa shape index (κ2) is 10.4. The number of nitrogens with zero attached hydrogens (tertiary/aromatic N) is 2. The van der Waals surface area contributed by atoms with Crippen molar-refractivity contribution < 1.29 is 8.42 Å². The van der Waals surface area contributed by atoms with Gasteiger partial charge in [0.1, 0.15) is 0 Å². The van der Waals surface area contributed by atoms with Crippen LogP contribution in [0, 0.1) is 0 Å². The zero-order valence-electron chi connectivity index (χ0n) is 15.2. The molecular formula is C17H27ClN4O2S2. The van der Waals surface area contributed by atoms with Crippen molar-refractivity contribution in [2.45, 2.75) is 19.9 Å². The Bertz CT molecular complexity index is 706. The fourth-order valence-electron chi connectivity index (χ4n) is 2.61. The van der Waals surface area contributed by atoms with Crippen molar-refractivity contribution in [1.82, 2.24) is 14.9 Å². The molecular weight excluding hydrogens is 392 g/mol. The lowest BCUT2D eigenvalue weighted by Gasteiger charge is -2.25. The molecule has 1 atom stereocenters. The highest BCUT2D eigenvalue weighted by atomic mass is 35.5. The Hall–Kier alpha value is -0.960. The van der Waals surface area contributed by atoms with Crippen LogP contribution < -0.4 is 10.6 Å². The SMILES string of the molecule is CCNC(=NCCS(=O)(=O)N1CCSCC1)NC(C)c1cccc(Cl)c1. The highest BCUT2D eigenvalue weighted by Gasteiger charge is 2.23. The molecule has 1 aliphatic rings. The van der Waals surface area contributed by atoms with Gasteiger partial charge in [0.2, 0.25) is 10.0 Å². The monoisotopic (exact) mass is 418 g/mol. The van der Waals surface area contributed by atoms with Gasteiger partial charge in [-0.2, -0.15) is 11.8 Å². The van der Waals surface area contributed by atoms with Crippen LogP contribution in [-0.2, 0) is 10.0 Å². The second-order valence-corrected chi connectivity index (χ2v) is 9.76. The molecule has 0 bridgehead atoms. The molecule has 2 rings (SSSR count). The summed E-state index contributed by atoms with van der Waals surface area (Å²) in [6.07, 6.45) is 0. The minimum atomic E-state index is -3.24. The summed E-state index contributed by atoms with van der Waals surface area (Å²) in [5, 5.41) is 7.14. The summed E-state index contributed by atoms with van der Waals surface area (Å²) in [6.45, 7) is 6.11. The second-order valence-electron chi connectivity index (χ2n) is 6.01. The number of guanidine groups is 1. The van der Waals surface area contributed by atoms with Gasteiger partial charge in [-0.25, -0.2) is 12.7 Å². The molecule has 0 saturated carbocycles. The van der Waals surface area contributed by atoms with E-state index < -0.39 is 10.0 Å². The van der Waals surface area contributed by atoms with Gasteiger partial charge in [0.05, 0.1) is 18.3 Å².